The van der Waals surface area contributed by atoms with Gasteiger partial charge in [0.1, 0.15) is 13.1 Å². The van der Waals surface area contributed by atoms with Crippen molar-refractivity contribution in [2.45, 2.75) is 103 Å². The molecule has 0 radical (unpaired) electrons. The van der Waals surface area contributed by atoms with Crippen LogP contribution in [0.4, 0.5) is 0 Å². The molecule has 1 amide bonds. The zero-order valence-corrected chi connectivity index (χ0v) is 29.5. The Morgan fingerprint density at radius 2 is 1.30 bits per heavy atom. The molecular formula is C25H59N2O6Si4+. The van der Waals surface area contributed by atoms with Crippen molar-refractivity contribution in [3.63, 3.8) is 0 Å². The van der Waals surface area contributed by atoms with E-state index in [2.05, 4.69) is 64.2 Å². The predicted molar refractivity (Wildman–Crippen MR) is 162 cm³/mol. The van der Waals surface area contributed by atoms with Crippen LogP contribution >= 0.6 is 0 Å². The largest absolute Gasteiger partial charge is 0.469 e. The lowest BCUT2D eigenvalue weighted by Crippen LogP contribution is -2.60. The number of quaternary nitrogens is 1. The van der Waals surface area contributed by atoms with E-state index in [1.54, 1.807) is 0 Å². The number of amides is 1. The van der Waals surface area contributed by atoms with Gasteiger partial charge in [0, 0.05) is 32.0 Å². The maximum absolute atomic E-state index is 12.5. The van der Waals surface area contributed by atoms with Crippen LogP contribution in [-0.4, -0.2) is 102 Å². The van der Waals surface area contributed by atoms with Crippen molar-refractivity contribution in [1.29, 1.82) is 0 Å². The Bertz CT molecular complexity index is 618. The second kappa shape index (κ2) is 15.8. The van der Waals surface area contributed by atoms with Crippen molar-refractivity contribution in [2.75, 3.05) is 52.5 Å². The molecule has 1 fully saturated rings. The third-order valence-electron chi connectivity index (χ3n) is 6.11. The van der Waals surface area contributed by atoms with Crippen LogP contribution in [0.15, 0.2) is 0 Å². The van der Waals surface area contributed by atoms with Gasteiger partial charge in [0.2, 0.25) is 5.91 Å². The van der Waals surface area contributed by atoms with Gasteiger partial charge in [0.05, 0.1) is 26.3 Å². The molecular weight excluding hydrogens is 537 g/mol. The topological polar surface area (TPSA) is 86.3 Å². The van der Waals surface area contributed by atoms with Crippen LogP contribution in [0.25, 0.3) is 0 Å². The summed E-state index contributed by atoms with van der Waals surface area (Å²) in [5, 5.41) is 12.4. The van der Waals surface area contributed by atoms with Gasteiger partial charge in [-0.2, -0.15) is 0 Å². The van der Waals surface area contributed by atoms with Crippen molar-refractivity contribution >= 4 is 39.7 Å². The fourth-order valence-corrected chi connectivity index (χ4v) is 19.5. The number of rotatable bonds is 19. The summed E-state index contributed by atoms with van der Waals surface area (Å²) < 4.78 is 26.8. The Morgan fingerprint density at radius 1 is 0.784 bits per heavy atom. The van der Waals surface area contributed by atoms with E-state index < -0.39 is 33.8 Å². The highest BCUT2D eigenvalue weighted by molar-refractivity contribution is 6.90. The minimum atomic E-state index is -2.84. The van der Waals surface area contributed by atoms with E-state index in [0.717, 1.165) is 82.0 Å². The van der Waals surface area contributed by atoms with E-state index >= 15 is 0 Å². The smallest absolute Gasteiger partial charge is 0.417 e. The van der Waals surface area contributed by atoms with Crippen molar-refractivity contribution in [3.05, 3.63) is 0 Å². The molecule has 0 spiro atoms. The quantitative estimate of drug-likeness (QED) is 0.127. The average molecular weight is 596 g/mol. The molecule has 0 aliphatic carbocycles. The van der Waals surface area contributed by atoms with Gasteiger partial charge in [-0.05, 0) is 84.6 Å². The monoisotopic (exact) mass is 595 g/mol. The average Bonchev–Trinajstić information content (AvgIpc) is 2.72. The summed E-state index contributed by atoms with van der Waals surface area (Å²) in [4.78, 5) is 12.5. The maximum atomic E-state index is 12.5. The summed E-state index contributed by atoms with van der Waals surface area (Å²) in [5.74, 6) is 0.131. The SMILES string of the molecule is C[Si](C)(C)O[Si](CCCNC(=O)CCCCC[N+]1(CCCO)CCOCC1)(O[Si](C)(C)C)O[Si](C)(C)C. The highest BCUT2D eigenvalue weighted by Crippen LogP contribution is 2.29. The summed E-state index contributed by atoms with van der Waals surface area (Å²) in [6.07, 6.45) is 5.32. The Hall–Kier alpha value is 0.0975. The van der Waals surface area contributed by atoms with Crippen LogP contribution in [0.1, 0.15) is 38.5 Å². The lowest BCUT2D eigenvalue weighted by molar-refractivity contribution is -0.935. The number of ether oxygens (including phenoxy) is 1. The molecule has 12 heteroatoms. The molecule has 0 bridgehead atoms. The molecule has 0 aromatic heterocycles. The Morgan fingerprint density at radius 3 is 1.78 bits per heavy atom. The third kappa shape index (κ3) is 16.7. The first-order chi connectivity index (χ1) is 17.0. The zero-order chi connectivity index (χ0) is 28.2. The Labute approximate surface area is 232 Å². The fraction of sp³-hybridized carbons (Fsp3) is 0.960. The number of morpholine rings is 1. The van der Waals surface area contributed by atoms with Gasteiger partial charge in [0.25, 0.3) is 0 Å². The van der Waals surface area contributed by atoms with Crippen LogP contribution in [0.3, 0.4) is 0 Å². The van der Waals surface area contributed by atoms with Crippen LogP contribution in [0, 0.1) is 0 Å². The molecule has 0 saturated carbocycles. The minimum Gasteiger partial charge on any atom is -0.417 e. The number of aliphatic hydroxyl groups is 1. The zero-order valence-electron chi connectivity index (χ0n) is 25.5. The lowest BCUT2D eigenvalue weighted by Gasteiger charge is -2.43. The minimum absolute atomic E-state index is 0.131. The van der Waals surface area contributed by atoms with Crippen molar-refractivity contribution in [1.82, 2.24) is 5.32 Å². The molecule has 8 nitrogen and oxygen atoms in total. The fourth-order valence-electron chi connectivity index (χ4n) is 4.84. The van der Waals surface area contributed by atoms with Crippen molar-refractivity contribution in [2.24, 2.45) is 0 Å². The van der Waals surface area contributed by atoms with Crippen molar-refractivity contribution < 1.29 is 31.5 Å². The number of nitrogens with zero attached hydrogens (tertiary/aromatic N) is 1. The molecule has 1 saturated heterocycles. The van der Waals surface area contributed by atoms with Gasteiger partial charge in [0.15, 0.2) is 25.0 Å². The number of aliphatic hydroxyl groups excluding tert-OH is 1. The number of carbonyl (C=O) groups excluding carboxylic acids is 1. The number of nitrogens with one attached hydrogen (secondary N) is 1. The van der Waals surface area contributed by atoms with Crippen LogP contribution < -0.4 is 5.32 Å². The molecule has 37 heavy (non-hydrogen) atoms. The second-order valence-electron chi connectivity index (χ2n) is 13.5. The van der Waals surface area contributed by atoms with E-state index in [1.807, 2.05) is 0 Å². The predicted octanol–water partition coefficient (Wildman–Crippen LogP) is 4.78. The Kier molecular flexibility index (Phi) is 15.0. The molecule has 220 valence electrons. The van der Waals surface area contributed by atoms with Gasteiger partial charge < -0.3 is 32.0 Å². The van der Waals surface area contributed by atoms with E-state index in [1.165, 1.54) is 0 Å². The molecule has 0 unspecified atom stereocenters. The first-order valence-electron chi connectivity index (χ1n) is 14.4. The molecule has 0 aromatic rings. The van der Waals surface area contributed by atoms with Gasteiger partial charge >= 0.3 is 8.80 Å². The van der Waals surface area contributed by atoms with Crippen LogP contribution in [0.5, 0.6) is 0 Å². The Balaban J connectivity index is 2.49. The van der Waals surface area contributed by atoms with Gasteiger partial charge in [-0.1, -0.05) is 0 Å². The number of carbonyl (C=O) groups is 1. The van der Waals surface area contributed by atoms with E-state index in [0.29, 0.717) is 13.0 Å². The molecule has 1 heterocycles. The van der Waals surface area contributed by atoms with Gasteiger partial charge in [-0.25, -0.2) is 0 Å². The molecule has 0 atom stereocenters. The summed E-state index contributed by atoms with van der Waals surface area (Å²) >= 11 is 0. The normalized spacial score (nSPS) is 17.1. The molecule has 0 aromatic carbocycles. The maximum Gasteiger partial charge on any atom is 0.469 e. The van der Waals surface area contributed by atoms with Crippen molar-refractivity contribution in [3.8, 4) is 0 Å². The highest BCUT2D eigenvalue weighted by Gasteiger charge is 2.49. The standard InChI is InChI=1S/C25H58N2O6Si4/c1-34(2,3)31-37(32-35(4,5)6,33-36(7,8)9)24-13-16-26-25(29)15-11-10-12-17-27(18-14-21-28)19-22-30-23-20-27/h28H,10-24H2,1-9H3/p+1. The van der Waals surface area contributed by atoms with Crippen LogP contribution in [-0.2, 0) is 21.9 Å². The van der Waals surface area contributed by atoms with Crippen LogP contribution in [0.2, 0.25) is 65.0 Å². The number of unbranched alkanes of at least 4 members (excludes halogenated alkanes) is 2. The number of hydrogen-bond acceptors (Lipinski definition) is 6. The summed E-state index contributed by atoms with van der Waals surface area (Å²) in [6, 6.07) is 0.754. The highest BCUT2D eigenvalue weighted by atomic mass is 28.5. The van der Waals surface area contributed by atoms with Gasteiger partial charge in [-0.15, -0.1) is 0 Å². The third-order valence-corrected chi connectivity index (χ3v) is 18.2. The molecule has 2 N–H and O–H groups in total. The first-order valence-corrected chi connectivity index (χ1v) is 26.6. The molecule has 1 aliphatic heterocycles. The second-order valence-corrected chi connectivity index (χ2v) is 30.5. The van der Waals surface area contributed by atoms with E-state index in [9.17, 15) is 9.90 Å². The molecule has 1 rings (SSSR count). The van der Waals surface area contributed by atoms with E-state index in [4.69, 9.17) is 17.1 Å². The van der Waals surface area contributed by atoms with Gasteiger partial charge in [-0.3, -0.25) is 4.79 Å². The molecule has 1 aliphatic rings. The first kappa shape index (κ1) is 35.1. The lowest BCUT2D eigenvalue weighted by atomic mass is 10.1. The summed E-state index contributed by atoms with van der Waals surface area (Å²) in [6.45, 7) is 26.5. The van der Waals surface area contributed by atoms with E-state index in [-0.39, 0.29) is 12.5 Å². The summed E-state index contributed by atoms with van der Waals surface area (Å²) in [7, 11) is -8.47. The summed E-state index contributed by atoms with van der Waals surface area (Å²) in [5.41, 5.74) is 0. The number of hydrogen-bond donors (Lipinski definition) is 2.